The Morgan fingerprint density at radius 3 is 2.70 bits per heavy atom. The molecule has 0 aromatic heterocycles. The molecule has 2 unspecified atom stereocenters. The summed E-state index contributed by atoms with van der Waals surface area (Å²) in [7, 11) is 2.08. The highest BCUT2D eigenvalue weighted by atomic mass is 15.2. The molecule has 1 N–H and O–H groups in total. The molecular weight excluding hydrogens is 244 g/mol. The van der Waals surface area contributed by atoms with Gasteiger partial charge in [0.2, 0.25) is 0 Å². The van der Waals surface area contributed by atoms with Crippen LogP contribution in [0.4, 0.5) is 0 Å². The van der Waals surface area contributed by atoms with Gasteiger partial charge in [-0.15, -0.1) is 0 Å². The summed E-state index contributed by atoms with van der Waals surface area (Å²) in [6, 6.07) is 8.10. The highest BCUT2D eigenvalue weighted by Gasteiger charge is 2.34. The molecule has 1 fully saturated rings. The van der Waals surface area contributed by atoms with E-state index in [-0.39, 0.29) is 0 Å². The van der Waals surface area contributed by atoms with Crippen LogP contribution in [0.5, 0.6) is 0 Å². The molecule has 0 saturated carbocycles. The quantitative estimate of drug-likeness (QED) is 0.901. The third-order valence-corrected chi connectivity index (χ3v) is 4.68. The topological polar surface area (TPSA) is 15.3 Å². The molecule has 0 amide bonds. The highest BCUT2D eigenvalue weighted by Crippen LogP contribution is 2.38. The van der Waals surface area contributed by atoms with E-state index in [1.54, 1.807) is 5.56 Å². The number of nitrogens with zero attached hydrogens (tertiary/aromatic N) is 1. The Morgan fingerprint density at radius 1 is 1.30 bits per heavy atom. The van der Waals surface area contributed by atoms with Crippen molar-refractivity contribution >= 4 is 0 Å². The zero-order valence-electron chi connectivity index (χ0n) is 13.7. The van der Waals surface area contributed by atoms with Gasteiger partial charge in [0.1, 0.15) is 0 Å². The second-order valence-corrected chi connectivity index (χ2v) is 6.60. The lowest BCUT2D eigenvalue weighted by atomic mass is 9.81. The van der Waals surface area contributed by atoms with E-state index >= 15 is 0 Å². The van der Waals surface area contributed by atoms with Gasteiger partial charge in [-0.2, -0.15) is 0 Å². The SMILES string of the molecule is CNCC1CCCN(C(C)C)C1c1cc(C)ccc1C. The van der Waals surface area contributed by atoms with Crippen LogP contribution in [0.1, 0.15) is 49.4 Å². The van der Waals surface area contributed by atoms with Crippen LogP contribution in [0.25, 0.3) is 0 Å². The van der Waals surface area contributed by atoms with Crippen molar-refractivity contribution in [2.24, 2.45) is 5.92 Å². The summed E-state index contributed by atoms with van der Waals surface area (Å²) in [5.41, 5.74) is 4.36. The molecule has 1 aliphatic heterocycles. The molecule has 1 heterocycles. The molecule has 1 aromatic rings. The van der Waals surface area contributed by atoms with E-state index in [1.807, 2.05) is 0 Å². The average Bonchev–Trinajstić information content (AvgIpc) is 2.42. The predicted octanol–water partition coefficient (Wildman–Crippen LogP) is 3.68. The van der Waals surface area contributed by atoms with E-state index in [4.69, 9.17) is 0 Å². The lowest BCUT2D eigenvalue weighted by molar-refractivity contribution is 0.0632. The summed E-state index contributed by atoms with van der Waals surface area (Å²) >= 11 is 0. The van der Waals surface area contributed by atoms with Crippen LogP contribution in [0.3, 0.4) is 0 Å². The summed E-state index contributed by atoms with van der Waals surface area (Å²) in [5, 5.41) is 3.40. The van der Waals surface area contributed by atoms with E-state index in [0.29, 0.717) is 12.1 Å². The highest BCUT2D eigenvalue weighted by molar-refractivity contribution is 5.34. The fourth-order valence-corrected chi connectivity index (χ4v) is 3.67. The third-order valence-electron chi connectivity index (χ3n) is 4.68. The van der Waals surface area contributed by atoms with Crippen molar-refractivity contribution in [3.8, 4) is 0 Å². The number of benzene rings is 1. The molecule has 2 nitrogen and oxygen atoms in total. The monoisotopic (exact) mass is 274 g/mol. The number of likely N-dealkylation sites (tertiary alicyclic amines) is 1. The number of hydrogen-bond donors (Lipinski definition) is 1. The Bertz CT molecular complexity index is 437. The van der Waals surface area contributed by atoms with Crippen LogP contribution in [0, 0.1) is 19.8 Å². The molecule has 0 radical (unpaired) electrons. The van der Waals surface area contributed by atoms with E-state index < -0.39 is 0 Å². The summed E-state index contributed by atoms with van der Waals surface area (Å²) in [6.45, 7) is 11.5. The van der Waals surface area contributed by atoms with Gasteiger partial charge in [-0.3, -0.25) is 4.90 Å². The molecule has 1 aromatic carbocycles. The first kappa shape index (κ1) is 15.5. The van der Waals surface area contributed by atoms with Gasteiger partial charge in [-0.25, -0.2) is 0 Å². The van der Waals surface area contributed by atoms with Crippen molar-refractivity contribution in [3.63, 3.8) is 0 Å². The van der Waals surface area contributed by atoms with Crippen LogP contribution >= 0.6 is 0 Å². The number of hydrogen-bond acceptors (Lipinski definition) is 2. The molecular formula is C18H30N2. The van der Waals surface area contributed by atoms with Crippen LogP contribution in [0.15, 0.2) is 18.2 Å². The molecule has 0 spiro atoms. The Morgan fingerprint density at radius 2 is 2.05 bits per heavy atom. The van der Waals surface area contributed by atoms with Crippen LogP contribution in [0.2, 0.25) is 0 Å². The maximum absolute atomic E-state index is 3.40. The van der Waals surface area contributed by atoms with Crippen molar-refractivity contribution in [2.45, 2.75) is 52.6 Å². The van der Waals surface area contributed by atoms with E-state index in [0.717, 1.165) is 12.5 Å². The van der Waals surface area contributed by atoms with Gasteiger partial charge in [0.05, 0.1) is 0 Å². The molecule has 0 aliphatic carbocycles. The number of aryl methyl sites for hydroxylation is 2. The van der Waals surface area contributed by atoms with Crippen molar-refractivity contribution < 1.29 is 0 Å². The maximum Gasteiger partial charge on any atom is 0.0393 e. The van der Waals surface area contributed by atoms with Gasteiger partial charge in [0.25, 0.3) is 0 Å². The second-order valence-electron chi connectivity index (χ2n) is 6.60. The second kappa shape index (κ2) is 6.73. The third kappa shape index (κ3) is 3.24. The average molecular weight is 274 g/mol. The Labute approximate surface area is 124 Å². The molecule has 0 bridgehead atoms. The predicted molar refractivity (Wildman–Crippen MR) is 87.1 cm³/mol. The van der Waals surface area contributed by atoms with Crippen LogP contribution < -0.4 is 5.32 Å². The van der Waals surface area contributed by atoms with E-state index in [2.05, 4.69) is 63.2 Å². The normalized spacial score (nSPS) is 24.3. The maximum atomic E-state index is 3.40. The molecule has 112 valence electrons. The van der Waals surface area contributed by atoms with Crippen LogP contribution in [-0.2, 0) is 0 Å². The largest absolute Gasteiger partial charge is 0.319 e. The van der Waals surface area contributed by atoms with Crippen molar-refractivity contribution in [2.75, 3.05) is 20.1 Å². The van der Waals surface area contributed by atoms with Gasteiger partial charge >= 0.3 is 0 Å². The van der Waals surface area contributed by atoms with Gasteiger partial charge in [-0.05, 0) is 77.7 Å². The van der Waals surface area contributed by atoms with Crippen molar-refractivity contribution in [1.82, 2.24) is 10.2 Å². The summed E-state index contributed by atoms with van der Waals surface area (Å²) in [4.78, 5) is 2.70. The van der Waals surface area contributed by atoms with Crippen molar-refractivity contribution in [1.29, 1.82) is 0 Å². The Balaban J connectivity index is 2.40. The minimum absolute atomic E-state index is 0.566. The number of piperidine rings is 1. The van der Waals surface area contributed by atoms with Gasteiger partial charge < -0.3 is 5.32 Å². The van der Waals surface area contributed by atoms with Crippen LogP contribution in [-0.4, -0.2) is 31.1 Å². The smallest absolute Gasteiger partial charge is 0.0393 e. The minimum Gasteiger partial charge on any atom is -0.319 e. The van der Waals surface area contributed by atoms with Gasteiger partial charge in [-0.1, -0.05) is 23.8 Å². The van der Waals surface area contributed by atoms with E-state index in [9.17, 15) is 0 Å². The number of rotatable bonds is 4. The fraction of sp³-hybridized carbons (Fsp3) is 0.667. The molecule has 20 heavy (non-hydrogen) atoms. The molecule has 1 saturated heterocycles. The lowest BCUT2D eigenvalue weighted by Crippen LogP contribution is -2.45. The fourth-order valence-electron chi connectivity index (χ4n) is 3.67. The first-order chi connectivity index (χ1) is 9.54. The summed E-state index contributed by atoms with van der Waals surface area (Å²) in [6.07, 6.45) is 2.66. The lowest BCUT2D eigenvalue weighted by Gasteiger charge is -2.44. The van der Waals surface area contributed by atoms with Gasteiger partial charge in [0, 0.05) is 12.1 Å². The molecule has 2 atom stereocenters. The molecule has 2 heteroatoms. The van der Waals surface area contributed by atoms with E-state index in [1.165, 1.54) is 30.5 Å². The Kier molecular flexibility index (Phi) is 5.22. The minimum atomic E-state index is 0.566. The zero-order chi connectivity index (χ0) is 14.7. The zero-order valence-corrected chi connectivity index (χ0v) is 13.7. The Hall–Kier alpha value is -0.860. The first-order valence-electron chi connectivity index (χ1n) is 8.02. The summed E-state index contributed by atoms with van der Waals surface area (Å²) < 4.78 is 0. The van der Waals surface area contributed by atoms with Gasteiger partial charge in [0.15, 0.2) is 0 Å². The summed E-state index contributed by atoms with van der Waals surface area (Å²) in [5.74, 6) is 0.719. The number of nitrogens with one attached hydrogen (secondary N) is 1. The standard InChI is InChI=1S/C18H30N2/c1-13(2)20-10-6-7-16(12-19-5)18(20)17-11-14(3)8-9-15(17)4/h8-9,11,13,16,18-19H,6-7,10,12H2,1-5H3. The van der Waals surface area contributed by atoms with Crippen molar-refractivity contribution in [3.05, 3.63) is 34.9 Å². The molecule has 1 aliphatic rings. The first-order valence-corrected chi connectivity index (χ1v) is 8.02. The molecule has 2 rings (SSSR count).